The van der Waals surface area contributed by atoms with Crippen molar-refractivity contribution in [3.05, 3.63) is 0 Å². The molecule has 20 heavy (non-hydrogen) atoms. The molecule has 1 aliphatic carbocycles. The second-order valence-corrected chi connectivity index (χ2v) is 7.14. The normalized spacial score (nSPS) is 20.2. The molecule has 0 aromatic heterocycles. The fourth-order valence-corrected chi connectivity index (χ4v) is 2.83. The van der Waals surface area contributed by atoms with Gasteiger partial charge in [0.2, 0.25) is 0 Å². The number of rotatable bonds is 5. The van der Waals surface area contributed by atoms with Crippen LogP contribution in [0.4, 0.5) is 4.79 Å². The second-order valence-electron chi connectivity index (χ2n) is 7.14. The van der Waals surface area contributed by atoms with E-state index in [-0.39, 0.29) is 12.1 Å². The van der Waals surface area contributed by atoms with E-state index in [0.29, 0.717) is 12.6 Å². The van der Waals surface area contributed by atoms with Crippen molar-refractivity contribution in [2.45, 2.75) is 84.4 Å². The first-order valence-corrected chi connectivity index (χ1v) is 8.01. The Morgan fingerprint density at radius 3 is 2.35 bits per heavy atom. The van der Waals surface area contributed by atoms with Crippen LogP contribution in [0.5, 0.6) is 0 Å². The smallest absolute Gasteiger partial charge is 0.407 e. The van der Waals surface area contributed by atoms with E-state index in [1.807, 2.05) is 20.8 Å². The van der Waals surface area contributed by atoms with E-state index >= 15 is 0 Å². The molecular formula is C16H32N2O2. The molecule has 4 heteroatoms. The van der Waals surface area contributed by atoms with Gasteiger partial charge in [-0.3, -0.25) is 0 Å². The number of carbonyl (C=O) groups excluding carboxylic acids is 1. The van der Waals surface area contributed by atoms with Crippen molar-refractivity contribution < 1.29 is 9.53 Å². The highest BCUT2D eigenvalue weighted by Crippen LogP contribution is 2.26. The number of hydrogen-bond donors (Lipinski definition) is 2. The van der Waals surface area contributed by atoms with Gasteiger partial charge in [0.05, 0.1) is 0 Å². The standard InChI is InChI=1S/C16H32N2O2/c1-12(11-17-15(19)20-16(3,4)5)18-13(2)14-9-7-6-8-10-14/h12-14,18H,6-11H2,1-5H3,(H,17,19). The molecule has 1 aliphatic rings. The van der Waals surface area contributed by atoms with Gasteiger partial charge in [0.25, 0.3) is 0 Å². The van der Waals surface area contributed by atoms with Gasteiger partial charge in [-0.2, -0.15) is 0 Å². The van der Waals surface area contributed by atoms with E-state index in [1.54, 1.807) is 0 Å². The molecule has 0 saturated heterocycles. The molecule has 0 bridgehead atoms. The Morgan fingerprint density at radius 2 is 1.80 bits per heavy atom. The highest BCUT2D eigenvalue weighted by Gasteiger charge is 2.21. The van der Waals surface area contributed by atoms with E-state index in [9.17, 15) is 4.79 Å². The fraction of sp³-hybridized carbons (Fsp3) is 0.938. The van der Waals surface area contributed by atoms with E-state index in [0.717, 1.165) is 5.92 Å². The highest BCUT2D eigenvalue weighted by molar-refractivity contribution is 5.67. The molecule has 1 saturated carbocycles. The predicted octanol–water partition coefficient (Wildman–Crippen LogP) is 3.46. The van der Waals surface area contributed by atoms with E-state index in [4.69, 9.17) is 4.74 Å². The van der Waals surface area contributed by atoms with Gasteiger partial charge in [-0.25, -0.2) is 4.79 Å². The van der Waals surface area contributed by atoms with Crippen molar-refractivity contribution in [2.24, 2.45) is 5.92 Å². The van der Waals surface area contributed by atoms with Crippen molar-refractivity contribution in [2.75, 3.05) is 6.54 Å². The maximum absolute atomic E-state index is 11.6. The number of nitrogens with one attached hydrogen (secondary N) is 2. The Bertz CT molecular complexity index is 293. The summed E-state index contributed by atoms with van der Waals surface area (Å²) in [5, 5.41) is 6.42. The molecule has 2 atom stereocenters. The van der Waals surface area contributed by atoms with Crippen LogP contribution in [0.1, 0.15) is 66.7 Å². The summed E-state index contributed by atoms with van der Waals surface area (Å²) in [7, 11) is 0. The van der Waals surface area contributed by atoms with Gasteiger partial charge in [-0.15, -0.1) is 0 Å². The number of amides is 1. The molecule has 4 nitrogen and oxygen atoms in total. The zero-order valence-electron chi connectivity index (χ0n) is 13.8. The van der Waals surface area contributed by atoms with Crippen LogP contribution in [0.25, 0.3) is 0 Å². The molecule has 1 rings (SSSR count). The predicted molar refractivity (Wildman–Crippen MR) is 82.9 cm³/mol. The lowest BCUT2D eigenvalue weighted by Gasteiger charge is -2.31. The molecule has 0 spiro atoms. The van der Waals surface area contributed by atoms with E-state index in [1.165, 1.54) is 32.1 Å². The van der Waals surface area contributed by atoms with Gasteiger partial charge in [0, 0.05) is 18.6 Å². The van der Waals surface area contributed by atoms with Crippen LogP contribution >= 0.6 is 0 Å². The first-order chi connectivity index (χ1) is 9.28. The SMILES string of the molecule is CC(CNC(=O)OC(C)(C)C)NC(C)C1CCCCC1. The molecule has 2 unspecified atom stereocenters. The summed E-state index contributed by atoms with van der Waals surface area (Å²) in [6, 6.07) is 0.783. The highest BCUT2D eigenvalue weighted by atomic mass is 16.6. The Hall–Kier alpha value is -0.770. The quantitative estimate of drug-likeness (QED) is 0.813. The van der Waals surface area contributed by atoms with E-state index < -0.39 is 5.60 Å². The molecule has 1 fully saturated rings. The third-order valence-electron chi connectivity index (χ3n) is 3.86. The monoisotopic (exact) mass is 284 g/mol. The third-order valence-corrected chi connectivity index (χ3v) is 3.86. The summed E-state index contributed by atoms with van der Waals surface area (Å²) in [4.78, 5) is 11.6. The molecule has 0 aromatic rings. The minimum atomic E-state index is -0.434. The summed E-state index contributed by atoms with van der Waals surface area (Å²) < 4.78 is 5.23. The van der Waals surface area contributed by atoms with Crippen molar-refractivity contribution in [1.82, 2.24) is 10.6 Å². The van der Waals surface area contributed by atoms with Crippen LogP contribution in [-0.2, 0) is 4.74 Å². The molecule has 0 aliphatic heterocycles. The maximum Gasteiger partial charge on any atom is 0.407 e. The molecule has 1 amide bonds. The van der Waals surface area contributed by atoms with Gasteiger partial charge in [0.1, 0.15) is 5.60 Å². The summed E-state index contributed by atoms with van der Waals surface area (Å²) in [5.41, 5.74) is -0.434. The minimum Gasteiger partial charge on any atom is -0.444 e. The molecular weight excluding hydrogens is 252 g/mol. The maximum atomic E-state index is 11.6. The number of carbonyl (C=O) groups is 1. The zero-order chi connectivity index (χ0) is 15.2. The average molecular weight is 284 g/mol. The summed E-state index contributed by atoms with van der Waals surface area (Å²) in [6.07, 6.45) is 6.44. The van der Waals surface area contributed by atoms with Crippen LogP contribution in [0.15, 0.2) is 0 Å². The Kier molecular flexibility index (Phi) is 6.80. The number of alkyl carbamates (subject to hydrolysis) is 1. The number of ether oxygens (including phenoxy) is 1. The van der Waals surface area contributed by atoms with Gasteiger partial charge in [0.15, 0.2) is 0 Å². The van der Waals surface area contributed by atoms with Crippen LogP contribution in [0, 0.1) is 5.92 Å². The third kappa shape index (κ3) is 7.13. The lowest BCUT2D eigenvalue weighted by atomic mass is 9.84. The van der Waals surface area contributed by atoms with Gasteiger partial charge in [-0.1, -0.05) is 19.3 Å². The van der Waals surface area contributed by atoms with Crippen molar-refractivity contribution in [3.8, 4) is 0 Å². The van der Waals surface area contributed by atoms with Crippen molar-refractivity contribution >= 4 is 6.09 Å². The Balaban J connectivity index is 2.22. The molecule has 2 N–H and O–H groups in total. The van der Waals surface area contributed by atoms with Crippen molar-refractivity contribution in [1.29, 1.82) is 0 Å². The van der Waals surface area contributed by atoms with E-state index in [2.05, 4.69) is 24.5 Å². The summed E-state index contributed by atoms with van der Waals surface area (Å²) >= 11 is 0. The molecule has 118 valence electrons. The van der Waals surface area contributed by atoms with Gasteiger partial charge >= 0.3 is 6.09 Å². The first-order valence-electron chi connectivity index (χ1n) is 8.01. The molecule has 0 radical (unpaired) electrons. The van der Waals surface area contributed by atoms with Crippen LogP contribution in [0.3, 0.4) is 0 Å². The summed E-state index contributed by atoms with van der Waals surface area (Å²) in [6.45, 7) is 10.6. The Morgan fingerprint density at radius 1 is 1.20 bits per heavy atom. The van der Waals surface area contributed by atoms with Gasteiger partial charge in [-0.05, 0) is 53.4 Å². The lowest BCUT2D eigenvalue weighted by Crippen LogP contribution is -2.46. The lowest BCUT2D eigenvalue weighted by molar-refractivity contribution is 0.0522. The van der Waals surface area contributed by atoms with Crippen LogP contribution < -0.4 is 10.6 Å². The minimum absolute atomic E-state index is 0.263. The second kappa shape index (κ2) is 7.87. The topological polar surface area (TPSA) is 50.4 Å². The zero-order valence-corrected chi connectivity index (χ0v) is 13.8. The molecule has 0 aromatic carbocycles. The average Bonchev–Trinajstić information content (AvgIpc) is 2.35. The van der Waals surface area contributed by atoms with Crippen LogP contribution in [-0.4, -0.2) is 30.3 Å². The van der Waals surface area contributed by atoms with Crippen molar-refractivity contribution in [3.63, 3.8) is 0 Å². The summed E-state index contributed by atoms with van der Waals surface area (Å²) in [5.74, 6) is 0.785. The van der Waals surface area contributed by atoms with Crippen LogP contribution in [0.2, 0.25) is 0 Å². The van der Waals surface area contributed by atoms with Gasteiger partial charge < -0.3 is 15.4 Å². The number of hydrogen-bond acceptors (Lipinski definition) is 3. The fourth-order valence-electron chi connectivity index (χ4n) is 2.83. The first kappa shape index (κ1) is 17.3. The largest absolute Gasteiger partial charge is 0.444 e. The Labute approximate surface area is 124 Å². The molecule has 0 heterocycles.